The first-order chi connectivity index (χ1) is 13.9. The molecule has 0 bridgehead atoms. The van der Waals surface area contributed by atoms with Crippen molar-refractivity contribution in [3.63, 3.8) is 0 Å². The van der Waals surface area contributed by atoms with Crippen molar-refractivity contribution in [3.8, 4) is 11.5 Å². The Morgan fingerprint density at radius 2 is 1.79 bits per heavy atom. The smallest absolute Gasteiger partial charge is 0.305 e. The van der Waals surface area contributed by atoms with Crippen LogP contribution in [-0.4, -0.2) is 24.5 Å². The highest BCUT2D eigenvalue weighted by Crippen LogP contribution is 2.27. The van der Waals surface area contributed by atoms with E-state index in [1.807, 2.05) is 6.92 Å². The molecule has 0 saturated carbocycles. The lowest BCUT2D eigenvalue weighted by atomic mass is 10.1. The summed E-state index contributed by atoms with van der Waals surface area (Å²) in [6.45, 7) is 5.78. The summed E-state index contributed by atoms with van der Waals surface area (Å²) in [6.07, 6.45) is -0.830. The van der Waals surface area contributed by atoms with Gasteiger partial charge in [0.15, 0.2) is 11.9 Å². The topological polar surface area (TPSA) is 89.8 Å². The van der Waals surface area contributed by atoms with E-state index in [4.69, 9.17) is 25.5 Å². The van der Waals surface area contributed by atoms with Gasteiger partial charge >= 0.3 is 5.91 Å². The van der Waals surface area contributed by atoms with E-state index in [1.165, 1.54) is 0 Å². The Hall–Kier alpha value is -3.19. The number of halogens is 1. The lowest BCUT2D eigenvalue weighted by Crippen LogP contribution is -2.47. The maximum atomic E-state index is 12.4. The molecular weight excluding hydrogens is 396 g/mol. The molecule has 0 fully saturated rings. The number of amides is 2. The van der Waals surface area contributed by atoms with E-state index in [2.05, 4.69) is 10.9 Å². The SMILES string of the molecule is CCOc1ccc(OC(C)C(=O)NNC(=O)c2oc3ccc(Cl)cc3c2C)cc1. The van der Waals surface area contributed by atoms with Crippen LogP contribution in [0.3, 0.4) is 0 Å². The normalized spacial score (nSPS) is 11.7. The van der Waals surface area contributed by atoms with Crippen LogP contribution in [-0.2, 0) is 4.79 Å². The first-order valence-electron chi connectivity index (χ1n) is 9.07. The number of hydrogen-bond donors (Lipinski definition) is 2. The van der Waals surface area contributed by atoms with Crippen LogP contribution in [0.5, 0.6) is 11.5 Å². The van der Waals surface area contributed by atoms with Crippen LogP contribution in [0.4, 0.5) is 0 Å². The Balaban J connectivity index is 1.58. The molecule has 0 aliphatic carbocycles. The van der Waals surface area contributed by atoms with E-state index in [9.17, 15) is 9.59 Å². The molecule has 8 heteroatoms. The molecule has 1 unspecified atom stereocenters. The second-order valence-corrected chi connectivity index (χ2v) is 6.74. The molecule has 0 aliphatic rings. The van der Waals surface area contributed by atoms with Gasteiger partial charge in [0.05, 0.1) is 6.61 Å². The fourth-order valence-electron chi connectivity index (χ4n) is 2.73. The van der Waals surface area contributed by atoms with E-state index in [0.29, 0.717) is 34.3 Å². The van der Waals surface area contributed by atoms with Crippen molar-refractivity contribution < 1.29 is 23.5 Å². The van der Waals surface area contributed by atoms with Crippen LogP contribution in [0.15, 0.2) is 46.9 Å². The number of carbonyl (C=O) groups is 2. The Morgan fingerprint density at radius 1 is 1.10 bits per heavy atom. The predicted molar refractivity (Wildman–Crippen MR) is 109 cm³/mol. The molecule has 1 aromatic heterocycles. The molecule has 3 aromatic rings. The van der Waals surface area contributed by atoms with E-state index in [1.54, 1.807) is 56.3 Å². The molecule has 3 rings (SSSR count). The second kappa shape index (κ2) is 8.87. The number of carbonyl (C=O) groups excluding carboxylic acids is 2. The third-order valence-corrected chi connectivity index (χ3v) is 4.46. The molecule has 2 aromatic carbocycles. The highest BCUT2D eigenvalue weighted by atomic mass is 35.5. The number of aryl methyl sites for hydroxylation is 1. The van der Waals surface area contributed by atoms with Gasteiger partial charge in [0.1, 0.15) is 17.1 Å². The van der Waals surface area contributed by atoms with Crippen LogP contribution in [0.2, 0.25) is 5.02 Å². The minimum Gasteiger partial charge on any atom is -0.494 e. The third kappa shape index (κ3) is 4.81. The summed E-state index contributed by atoms with van der Waals surface area (Å²) in [5.41, 5.74) is 5.85. The van der Waals surface area contributed by atoms with Gasteiger partial charge in [-0.2, -0.15) is 0 Å². The highest BCUT2D eigenvalue weighted by Gasteiger charge is 2.20. The minimum atomic E-state index is -0.830. The van der Waals surface area contributed by atoms with Gasteiger partial charge in [0.25, 0.3) is 5.91 Å². The van der Waals surface area contributed by atoms with Gasteiger partial charge in [0, 0.05) is 16.0 Å². The van der Waals surface area contributed by atoms with Crippen molar-refractivity contribution in [3.05, 3.63) is 58.8 Å². The molecule has 29 heavy (non-hydrogen) atoms. The van der Waals surface area contributed by atoms with Crippen LogP contribution >= 0.6 is 11.6 Å². The lowest BCUT2D eigenvalue weighted by Gasteiger charge is -2.15. The number of fused-ring (bicyclic) bond motifs is 1. The zero-order valence-electron chi connectivity index (χ0n) is 16.2. The highest BCUT2D eigenvalue weighted by molar-refractivity contribution is 6.31. The number of hydrogen-bond acceptors (Lipinski definition) is 5. The summed E-state index contributed by atoms with van der Waals surface area (Å²) >= 11 is 5.99. The molecular formula is C21H21ClN2O5. The summed E-state index contributed by atoms with van der Waals surface area (Å²) in [5.74, 6) is 0.238. The molecule has 152 valence electrons. The van der Waals surface area contributed by atoms with E-state index in [-0.39, 0.29) is 5.76 Å². The average molecular weight is 417 g/mol. The summed E-state index contributed by atoms with van der Waals surface area (Å²) < 4.78 is 16.5. The van der Waals surface area contributed by atoms with Crippen molar-refractivity contribution in [2.75, 3.05) is 6.61 Å². The summed E-state index contributed by atoms with van der Waals surface area (Å²) in [4.78, 5) is 24.6. The maximum Gasteiger partial charge on any atom is 0.305 e. The molecule has 7 nitrogen and oxygen atoms in total. The standard InChI is InChI=1S/C21H21ClN2O5/c1-4-27-15-6-8-16(9-7-15)28-13(3)20(25)23-24-21(26)19-12(2)17-11-14(22)5-10-18(17)29-19/h5-11,13H,4H2,1-3H3,(H,23,25)(H,24,26). The molecule has 2 amide bonds. The summed E-state index contributed by atoms with van der Waals surface area (Å²) in [7, 11) is 0. The fraction of sp³-hybridized carbons (Fsp3) is 0.238. The van der Waals surface area contributed by atoms with E-state index < -0.39 is 17.9 Å². The zero-order valence-corrected chi connectivity index (χ0v) is 17.0. The lowest BCUT2D eigenvalue weighted by molar-refractivity contribution is -0.128. The monoisotopic (exact) mass is 416 g/mol. The van der Waals surface area contributed by atoms with Gasteiger partial charge in [-0.15, -0.1) is 0 Å². The van der Waals surface area contributed by atoms with E-state index in [0.717, 1.165) is 5.39 Å². The van der Waals surface area contributed by atoms with Gasteiger partial charge in [-0.25, -0.2) is 0 Å². The van der Waals surface area contributed by atoms with Crippen LogP contribution in [0.25, 0.3) is 11.0 Å². The van der Waals surface area contributed by atoms with Crippen molar-refractivity contribution in [1.29, 1.82) is 0 Å². The number of benzene rings is 2. The third-order valence-electron chi connectivity index (χ3n) is 4.22. The largest absolute Gasteiger partial charge is 0.494 e. The number of hydrazine groups is 1. The Morgan fingerprint density at radius 3 is 2.48 bits per heavy atom. The van der Waals surface area contributed by atoms with Crippen LogP contribution in [0, 0.1) is 6.92 Å². The second-order valence-electron chi connectivity index (χ2n) is 6.30. The first-order valence-corrected chi connectivity index (χ1v) is 9.45. The van der Waals surface area contributed by atoms with Crippen molar-refractivity contribution in [2.24, 2.45) is 0 Å². The molecule has 2 N–H and O–H groups in total. The van der Waals surface area contributed by atoms with Crippen molar-refractivity contribution >= 4 is 34.4 Å². The van der Waals surface area contributed by atoms with Gasteiger partial charge < -0.3 is 13.9 Å². The molecule has 0 radical (unpaired) electrons. The van der Waals surface area contributed by atoms with Gasteiger partial charge in [-0.05, 0) is 63.2 Å². The molecule has 0 saturated heterocycles. The summed E-state index contributed by atoms with van der Waals surface area (Å²) in [5, 5.41) is 1.28. The van der Waals surface area contributed by atoms with Gasteiger partial charge in [-0.3, -0.25) is 20.4 Å². The maximum absolute atomic E-state index is 12.4. The fourth-order valence-corrected chi connectivity index (χ4v) is 2.90. The van der Waals surface area contributed by atoms with E-state index >= 15 is 0 Å². The molecule has 0 spiro atoms. The predicted octanol–water partition coefficient (Wildman–Crippen LogP) is 4.02. The number of rotatable bonds is 6. The Bertz CT molecular complexity index is 1030. The number of nitrogens with one attached hydrogen (secondary N) is 2. The van der Waals surface area contributed by atoms with Crippen LogP contribution < -0.4 is 20.3 Å². The van der Waals surface area contributed by atoms with Crippen molar-refractivity contribution in [1.82, 2.24) is 10.9 Å². The van der Waals surface area contributed by atoms with Crippen LogP contribution in [0.1, 0.15) is 30.0 Å². The Kier molecular flexibility index (Phi) is 6.29. The molecule has 1 heterocycles. The average Bonchev–Trinajstić information content (AvgIpc) is 3.03. The minimum absolute atomic E-state index is 0.0997. The van der Waals surface area contributed by atoms with Crippen molar-refractivity contribution in [2.45, 2.75) is 26.9 Å². The quantitative estimate of drug-likeness (QED) is 0.592. The van der Waals surface area contributed by atoms with Gasteiger partial charge in [-0.1, -0.05) is 11.6 Å². The zero-order chi connectivity index (χ0) is 21.0. The van der Waals surface area contributed by atoms with Gasteiger partial charge in [0.2, 0.25) is 0 Å². The first kappa shape index (κ1) is 20.5. The summed E-state index contributed by atoms with van der Waals surface area (Å²) in [6, 6.07) is 12.0. The number of ether oxygens (including phenoxy) is 2. The number of furan rings is 1. The molecule has 0 aliphatic heterocycles. The Labute approximate surface area is 172 Å². The molecule has 1 atom stereocenters.